The van der Waals surface area contributed by atoms with E-state index < -0.39 is 11.0 Å². The van der Waals surface area contributed by atoms with Crippen LogP contribution in [0.3, 0.4) is 0 Å². The molecule has 4 aliphatic rings. The van der Waals surface area contributed by atoms with Crippen molar-refractivity contribution in [2.24, 2.45) is 0 Å². The lowest BCUT2D eigenvalue weighted by atomic mass is 9.91. The maximum atomic E-state index is 15.5. The number of carbonyl (C=O) groups excluding carboxylic acids is 3. The van der Waals surface area contributed by atoms with Gasteiger partial charge in [0.05, 0.1) is 17.5 Å². The molecule has 3 amide bonds. The minimum absolute atomic E-state index is 0.0186. The van der Waals surface area contributed by atoms with Gasteiger partial charge in [0.1, 0.15) is 5.82 Å². The highest BCUT2D eigenvalue weighted by molar-refractivity contribution is 5.96. The molecule has 0 bridgehead atoms. The number of hydrogen-bond acceptors (Lipinski definition) is 5. The number of hydrogen-bond donors (Lipinski definition) is 0. The molecule has 0 N–H and O–H groups in total. The number of nitrogens with zero attached hydrogens (tertiary/aromatic N) is 4. The van der Waals surface area contributed by atoms with Crippen molar-refractivity contribution < 1.29 is 23.5 Å². The zero-order valence-electron chi connectivity index (χ0n) is 21.2. The Bertz CT molecular complexity index is 1280. The lowest BCUT2D eigenvalue weighted by Crippen LogP contribution is -2.51. The van der Waals surface area contributed by atoms with Gasteiger partial charge in [-0.1, -0.05) is 24.3 Å². The van der Waals surface area contributed by atoms with Gasteiger partial charge in [0.15, 0.2) is 5.60 Å². The van der Waals surface area contributed by atoms with Crippen LogP contribution in [-0.4, -0.2) is 86.0 Å². The van der Waals surface area contributed by atoms with Crippen molar-refractivity contribution in [1.82, 2.24) is 14.7 Å². The van der Waals surface area contributed by atoms with Crippen molar-refractivity contribution in [3.05, 3.63) is 65.0 Å². The average molecular weight is 507 g/mol. The first-order chi connectivity index (χ1) is 17.7. The Kier molecular flexibility index (Phi) is 5.43. The molecule has 37 heavy (non-hydrogen) atoms. The van der Waals surface area contributed by atoms with Crippen LogP contribution in [0.4, 0.5) is 14.9 Å². The molecule has 1 unspecified atom stereocenters. The molecule has 2 aromatic carbocycles. The van der Waals surface area contributed by atoms with Crippen LogP contribution in [0.15, 0.2) is 42.5 Å². The predicted octanol–water partition coefficient (Wildman–Crippen LogP) is 2.96. The molecule has 2 saturated heterocycles. The van der Waals surface area contributed by atoms with Crippen molar-refractivity contribution in [1.29, 1.82) is 0 Å². The molecule has 1 spiro atoms. The number of benzene rings is 2. The van der Waals surface area contributed by atoms with Gasteiger partial charge in [-0.3, -0.25) is 4.79 Å². The summed E-state index contributed by atoms with van der Waals surface area (Å²) in [5, 5.41) is 0. The summed E-state index contributed by atoms with van der Waals surface area (Å²) in [6.07, 6.45) is 1.75. The van der Waals surface area contributed by atoms with E-state index in [-0.39, 0.29) is 23.7 Å². The minimum Gasteiger partial charge on any atom is -0.449 e. The second-order valence-electron chi connectivity index (χ2n) is 10.8. The Labute approximate surface area is 215 Å². The van der Waals surface area contributed by atoms with Gasteiger partial charge in [0, 0.05) is 70.1 Å². The number of urea groups is 1. The summed E-state index contributed by atoms with van der Waals surface area (Å²) in [6.45, 7) is 3.17. The van der Waals surface area contributed by atoms with E-state index in [0.717, 1.165) is 11.3 Å². The molecule has 0 radical (unpaired) electrons. The van der Waals surface area contributed by atoms with Crippen LogP contribution < -0.4 is 4.90 Å². The quantitative estimate of drug-likeness (QED) is 0.599. The largest absolute Gasteiger partial charge is 0.449 e. The van der Waals surface area contributed by atoms with E-state index >= 15 is 4.39 Å². The third-order valence-corrected chi connectivity index (χ3v) is 8.37. The lowest BCUT2D eigenvalue weighted by molar-refractivity contribution is -0.134. The molecule has 1 atom stereocenters. The lowest BCUT2D eigenvalue weighted by Gasteiger charge is -2.37. The second-order valence-corrected chi connectivity index (χ2v) is 10.8. The highest BCUT2D eigenvalue weighted by Gasteiger charge is 2.58. The average Bonchev–Trinajstić information content (AvgIpc) is 3.52. The molecular formula is C28H31FN4O4. The Morgan fingerprint density at radius 3 is 2.32 bits per heavy atom. The highest BCUT2D eigenvalue weighted by atomic mass is 19.1. The molecule has 3 heterocycles. The normalized spacial score (nSPS) is 23.8. The van der Waals surface area contributed by atoms with Gasteiger partial charge >= 0.3 is 12.0 Å². The van der Waals surface area contributed by atoms with Crippen molar-refractivity contribution in [3.8, 4) is 0 Å². The fourth-order valence-corrected chi connectivity index (χ4v) is 6.16. The number of carbonyl (C=O) groups is 3. The molecule has 3 aliphatic heterocycles. The fraction of sp³-hybridized carbons (Fsp3) is 0.464. The van der Waals surface area contributed by atoms with E-state index in [1.807, 2.05) is 24.3 Å². The minimum atomic E-state index is -0.854. The topological polar surface area (TPSA) is 73.4 Å². The zero-order chi connectivity index (χ0) is 25.9. The van der Waals surface area contributed by atoms with Gasteiger partial charge in [-0.2, -0.15) is 0 Å². The second kappa shape index (κ2) is 8.46. The molecule has 6 rings (SSSR count). The zero-order valence-corrected chi connectivity index (χ0v) is 21.2. The summed E-state index contributed by atoms with van der Waals surface area (Å²) in [4.78, 5) is 45.5. The molecule has 1 aliphatic carbocycles. The molecule has 3 fully saturated rings. The molecule has 8 nitrogen and oxygen atoms in total. The highest BCUT2D eigenvalue weighted by Crippen LogP contribution is 2.53. The number of esters is 1. The van der Waals surface area contributed by atoms with E-state index in [0.29, 0.717) is 69.7 Å². The number of likely N-dealkylation sites (tertiary alicyclic amines) is 1. The van der Waals surface area contributed by atoms with Crippen molar-refractivity contribution in [2.75, 3.05) is 58.3 Å². The summed E-state index contributed by atoms with van der Waals surface area (Å²) in [5.74, 6) is -0.812. The Morgan fingerprint density at radius 2 is 1.65 bits per heavy atom. The van der Waals surface area contributed by atoms with Crippen molar-refractivity contribution in [2.45, 2.75) is 30.3 Å². The fourth-order valence-electron chi connectivity index (χ4n) is 6.16. The number of rotatable bonds is 3. The summed E-state index contributed by atoms with van der Waals surface area (Å²) in [6, 6.07) is 12.5. The number of fused-ring (bicyclic) bond motifs is 2. The summed E-state index contributed by atoms with van der Waals surface area (Å²) in [7, 11) is 3.47. The molecule has 9 heteroatoms. The Balaban J connectivity index is 1.17. The van der Waals surface area contributed by atoms with Crippen molar-refractivity contribution >= 4 is 23.6 Å². The van der Waals surface area contributed by atoms with Gasteiger partial charge in [-0.05, 0) is 31.0 Å². The van der Waals surface area contributed by atoms with Gasteiger partial charge in [0.2, 0.25) is 5.91 Å². The first-order valence-corrected chi connectivity index (χ1v) is 12.9. The number of halogens is 1. The van der Waals surface area contributed by atoms with Crippen LogP contribution in [0.1, 0.15) is 40.7 Å². The van der Waals surface area contributed by atoms with E-state index in [1.54, 1.807) is 40.9 Å². The molecule has 194 valence electrons. The van der Waals surface area contributed by atoms with E-state index in [4.69, 9.17) is 4.74 Å². The Morgan fingerprint density at radius 1 is 0.919 bits per heavy atom. The standard InChI is InChI=1S/C28H31FN4O4/c1-30(2)26(36)32-15-13-31(14-16-32)19-7-8-22(23(29)17-19)27(9-10-27)25(35)33-12-11-28(18-33)21-6-4-3-5-20(21)24(34)37-28/h3-8,17H,9-16,18H2,1-2H3. The van der Waals surface area contributed by atoms with Gasteiger partial charge in [-0.25, -0.2) is 14.0 Å². The smallest absolute Gasteiger partial charge is 0.339 e. The predicted molar refractivity (Wildman–Crippen MR) is 135 cm³/mol. The number of piperazine rings is 1. The molecule has 0 aromatic heterocycles. The van der Waals surface area contributed by atoms with Crippen LogP contribution in [-0.2, 0) is 20.5 Å². The summed E-state index contributed by atoms with van der Waals surface area (Å²) >= 11 is 0. The van der Waals surface area contributed by atoms with Crippen molar-refractivity contribution in [3.63, 3.8) is 0 Å². The molecule has 2 aromatic rings. The van der Waals surface area contributed by atoms with E-state index in [1.165, 1.54) is 6.07 Å². The third-order valence-electron chi connectivity index (χ3n) is 8.37. The molecular weight excluding hydrogens is 475 g/mol. The Hall–Kier alpha value is -3.62. The number of amides is 3. The maximum Gasteiger partial charge on any atom is 0.339 e. The van der Waals surface area contributed by atoms with Gasteiger partial charge in [0.25, 0.3) is 0 Å². The monoisotopic (exact) mass is 506 g/mol. The summed E-state index contributed by atoms with van der Waals surface area (Å²) in [5.41, 5.74) is 0.934. The van der Waals surface area contributed by atoms with Crippen LogP contribution >= 0.6 is 0 Å². The number of anilines is 1. The third kappa shape index (κ3) is 3.74. The first-order valence-electron chi connectivity index (χ1n) is 12.9. The SMILES string of the molecule is CN(C)C(=O)N1CCN(c2ccc(C3(C(=O)N4CCC5(C4)OC(=O)c4ccccc45)CC3)c(F)c2)CC1. The van der Waals surface area contributed by atoms with Crippen LogP contribution in [0.5, 0.6) is 0 Å². The van der Waals surface area contributed by atoms with Crippen LogP contribution in [0, 0.1) is 5.82 Å². The van der Waals surface area contributed by atoms with Gasteiger partial charge in [-0.15, -0.1) is 0 Å². The van der Waals surface area contributed by atoms with E-state index in [2.05, 4.69) is 4.90 Å². The van der Waals surface area contributed by atoms with Crippen LogP contribution in [0.25, 0.3) is 0 Å². The molecule has 1 saturated carbocycles. The summed E-state index contributed by atoms with van der Waals surface area (Å²) < 4.78 is 21.3. The van der Waals surface area contributed by atoms with Crippen LogP contribution in [0.2, 0.25) is 0 Å². The first kappa shape index (κ1) is 23.8. The maximum absolute atomic E-state index is 15.5. The van der Waals surface area contributed by atoms with Gasteiger partial charge < -0.3 is 24.3 Å². The van der Waals surface area contributed by atoms with E-state index in [9.17, 15) is 14.4 Å². The number of ether oxygens (including phenoxy) is 1.